The second-order valence-corrected chi connectivity index (χ2v) is 9.83. The third-order valence-corrected chi connectivity index (χ3v) is 7.37. The van der Waals surface area contributed by atoms with Gasteiger partial charge in [-0.3, -0.25) is 19.2 Å². The zero-order valence-corrected chi connectivity index (χ0v) is 20.2. The van der Waals surface area contributed by atoms with Gasteiger partial charge in [0.05, 0.1) is 17.6 Å². The SMILES string of the molecule is CC(C)N1CCN(C(=O)C2CCN(Cc3nc4ccccc4n3-c3ccc(F)cc3)CC2)CC1. The standard InChI is InChI=1S/C27H34FN5O/c1-20(2)31-15-17-32(18-16-31)27(34)21-11-13-30(14-12-21)19-26-29-24-5-3-4-6-25(24)33(26)23-9-7-22(28)8-10-23/h3-10,20-21H,11-19H2,1-2H3. The largest absolute Gasteiger partial charge is 0.340 e. The van der Waals surface area contributed by atoms with Crippen LogP contribution in [0.15, 0.2) is 48.5 Å². The number of rotatable bonds is 5. The van der Waals surface area contributed by atoms with Crippen molar-refractivity contribution in [2.45, 2.75) is 39.3 Å². The number of likely N-dealkylation sites (tertiary alicyclic amines) is 1. The summed E-state index contributed by atoms with van der Waals surface area (Å²) in [6.45, 7) is 10.6. The van der Waals surface area contributed by atoms with Crippen LogP contribution in [-0.4, -0.2) is 75.5 Å². The Hall–Kier alpha value is -2.77. The molecule has 3 heterocycles. The minimum absolute atomic E-state index is 0.123. The van der Waals surface area contributed by atoms with Crippen LogP contribution in [0.3, 0.4) is 0 Å². The lowest BCUT2D eigenvalue weighted by Gasteiger charge is -2.39. The van der Waals surface area contributed by atoms with Crippen LogP contribution in [-0.2, 0) is 11.3 Å². The van der Waals surface area contributed by atoms with E-state index in [0.29, 0.717) is 18.5 Å². The summed E-state index contributed by atoms with van der Waals surface area (Å²) in [7, 11) is 0. The number of halogens is 1. The van der Waals surface area contributed by atoms with Crippen molar-refractivity contribution in [3.63, 3.8) is 0 Å². The van der Waals surface area contributed by atoms with Crippen molar-refractivity contribution in [2.24, 2.45) is 5.92 Å². The van der Waals surface area contributed by atoms with Gasteiger partial charge >= 0.3 is 0 Å². The van der Waals surface area contributed by atoms with E-state index in [4.69, 9.17) is 4.98 Å². The van der Waals surface area contributed by atoms with Crippen LogP contribution in [0.4, 0.5) is 4.39 Å². The number of hydrogen-bond donors (Lipinski definition) is 0. The molecule has 0 spiro atoms. The lowest BCUT2D eigenvalue weighted by atomic mass is 9.95. The summed E-state index contributed by atoms with van der Waals surface area (Å²) >= 11 is 0. The molecule has 2 aromatic carbocycles. The summed E-state index contributed by atoms with van der Waals surface area (Å²) in [5.74, 6) is 1.16. The van der Waals surface area contributed by atoms with Gasteiger partial charge < -0.3 is 4.90 Å². The van der Waals surface area contributed by atoms with Crippen LogP contribution in [0.1, 0.15) is 32.5 Å². The molecule has 1 aromatic heterocycles. The van der Waals surface area contributed by atoms with E-state index in [1.165, 1.54) is 12.1 Å². The second kappa shape index (κ2) is 9.84. The fourth-order valence-electron chi connectivity index (χ4n) is 5.32. The third kappa shape index (κ3) is 4.72. The Bertz CT molecular complexity index is 1130. The van der Waals surface area contributed by atoms with Crippen LogP contribution in [0, 0.1) is 11.7 Å². The van der Waals surface area contributed by atoms with Crippen LogP contribution in [0.5, 0.6) is 0 Å². The Balaban J connectivity index is 1.25. The molecule has 1 amide bonds. The minimum atomic E-state index is -0.243. The van der Waals surface area contributed by atoms with Crippen LogP contribution in [0.25, 0.3) is 16.7 Å². The number of imidazole rings is 1. The molecule has 0 bridgehead atoms. The summed E-state index contributed by atoms with van der Waals surface area (Å²) in [4.78, 5) is 24.9. The molecule has 0 radical (unpaired) electrons. The Morgan fingerprint density at radius 2 is 1.65 bits per heavy atom. The highest BCUT2D eigenvalue weighted by Gasteiger charge is 2.31. The summed E-state index contributed by atoms with van der Waals surface area (Å²) < 4.78 is 15.7. The van der Waals surface area contributed by atoms with Crippen molar-refractivity contribution in [3.05, 3.63) is 60.2 Å². The van der Waals surface area contributed by atoms with E-state index in [-0.39, 0.29) is 11.7 Å². The zero-order valence-electron chi connectivity index (χ0n) is 20.2. The van der Waals surface area contributed by atoms with Gasteiger partial charge in [-0.15, -0.1) is 0 Å². The number of hydrogen-bond acceptors (Lipinski definition) is 4. The molecule has 0 atom stereocenters. The number of piperidine rings is 1. The average molecular weight is 464 g/mol. The quantitative estimate of drug-likeness (QED) is 0.575. The fourth-order valence-corrected chi connectivity index (χ4v) is 5.32. The molecule has 2 aliphatic rings. The number of carbonyl (C=O) groups excluding carboxylic acids is 1. The molecule has 2 saturated heterocycles. The highest BCUT2D eigenvalue weighted by Crippen LogP contribution is 2.26. The molecule has 0 N–H and O–H groups in total. The lowest BCUT2D eigenvalue weighted by Crippen LogP contribution is -2.53. The molecular formula is C27H34FN5O. The van der Waals surface area contributed by atoms with Gasteiger partial charge in [0.1, 0.15) is 11.6 Å². The Labute approximate surface area is 201 Å². The molecule has 5 rings (SSSR count). The van der Waals surface area contributed by atoms with Crippen molar-refractivity contribution in [1.82, 2.24) is 24.3 Å². The fraction of sp³-hybridized carbons (Fsp3) is 0.481. The molecular weight excluding hydrogens is 429 g/mol. The molecule has 0 aliphatic carbocycles. The monoisotopic (exact) mass is 463 g/mol. The molecule has 180 valence electrons. The smallest absolute Gasteiger partial charge is 0.225 e. The Morgan fingerprint density at radius 1 is 0.971 bits per heavy atom. The third-order valence-electron chi connectivity index (χ3n) is 7.37. The molecule has 7 heteroatoms. The number of para-hydroxylation sites is 2. The summed E-state index contributed by atoms with van der Waals surface area (Å²) in [5.41, 5.74) is 2.87. The van der Waals surface area contributed by atoms with Gasteiger partial charge in [0.2, 0.25) is 5.91 Å². The maximum Gasteiger partial charge on any atom is 0.225 e. The van der Waals surface area contributed by atoms with Crippen molar-refractivity contribution in [3.8, 4) is 5.69 Å². The number of nitrogens with zero attached hydrogens (tertiary/aromatic N) is 5. The maximum absolute atomic E-state index is 13.5. The van der Waals surface area contributed by atoms with Gasteiger partial charge in [-0.25, -0.2) is 9.37 Å². The Morgan fingerprint density at radius 3 is 2.32 bits per heavy atom. The van der Waals surface area contributed by atoms with Gasteiger partial charge in [-0.05, 0) is 76.2 Å². The highest BCUT2D eigenvalue weighted by atomic mass is 19.1. The number of benzene rings is 2. The van der Waals surface area contributed by atoms with Crippen molar-refractivity contribution in [1.29, 1.82) is 0 Å². The molecule has 2 fully saturated rings. The maximum atomic E-state index is 13.5. The minimum Gasteiger partial charge on any atom is -0.340 e. The zero-order chi connectivity index (χ0) is 23.7. The number of amides is 1. The molecule has 6 nitrogen and oxygen atoms in total. The van der Waals surface area contributed by atoms with Crippen molar-refractivity contribution >= 4 is 16.9 Å². The van der Waals surface area contributed by atoms with Crippen molar-refractivity contribution < 1.29 is 9.18 Å². The molecule has 3 aromatic rings. The van der Waals surface area contributed by atoms with E-state index in [2.05, 4.69) is 39.2 Å². The average Bonchev–Trinajstić information content (AvgIpc) is 3.22. The molecule has 2 aliphatic heterocycles. The van der Waals surface area contributed by atoms with Crippen LogP contribution < -0.4 is 0 Å². The molecule has 0 unspecified atom stereocenters. The normalized spacial score (nSPS) is 18.8. The first-order valence-electron chi connectivity index (χ1n) is 12.5. The van der Waals surface area contributed by atoms with Gasteiger partial charge in [-0.2, -0.15) is 0 Å². The number of aromatic nitrogens is 2. The predicted octanol–water partition coefficient (Wildman–Crippen LogP) is 3.93. The van der Waals surface area contributed by atoms with Gasteiger partial charge in [-0.1, -0.05) is 12.1 Å². The number of piperazine rings is 1. The Kier molecular flexibility index (Phi) is 6.66. The topological polar surface area (TPSA) is 44.6 Å². The van der Waals surface area contributed by atoms with Crippen LogP contribution in [0.2, 0.25) is 0 Å². The van der Waals surface area contributed by atoms with Crippen LogP contribution >= 0.6 is 0 Å². The van der Waals surface area contributed by atoms with E-state index in [0.717, 1.165) is 74.7 Å². The first kappa shape index (κ1) is 23.0. The van der Waals surface area contributed by atoms with Gasteiger partial charge in [0.25, 0.3) is 0 Å². The van der Waals surface area contributed by atoms with E-state index in [1.54, 1.807) is 12.1 Å². The van der Waals surface area contributed by atoms with E-state index < -0.39 is 0 Å². The molecule has 34 heavy (non-hydrogen) atoms. The second-order valence-electron chi connectivity index (χ2n) is 9.83. The first-order valence-corrected chi connectivity index (χ1v) is 12.5. The van der Waals surface area contributed by atoms with Gasteiger partial charge in [0, 0.05) is 43.8 Å². The molecule has 0 saturated carbocycles. The van der Waals surface area contributed by atoms with Gasteiger partial charge in [0.15, 0.2) is 0 Å². The number of carbonyl (C=O) groups is 1. The summed E-state index contributed by atoms with van der Waals surface area (Å²) in [6.07, 6.45) is 1.78. The number of fused-ring (bicyclic) bond motifs is 1. The first-order chi connectivity index (χ1) is 16.5. The van der Waals surface area contributed by atoms with E-state index in [9.17, 15) is 9.18 Å². The van der Waals surface area contributed by atoms with E-state index >= 15 is 0 Å². The summed E-state index contributed by atoms with van der Waals surface area (Å²) in [5, 5.41) is 0. The summed E-state index contributed by atoms with van der Waals surface area (Å²) in [6, 6.07) is 15.2. The lowest BCUT2D eigenvalue weighted by molar-refractivity contribution is -0.139. The van der Waals surface area contributed by atoms with E-state index in [1.807, 2.05) is 18.2 Å². The van der Waals surface area contributed by atoms with Crippen molar-refractivity contribution in [2.75, 3.05) is 39.3 Å². The highest BCUT2D eigenvalue weighted by molar-refractivity contribution is 5.79. The predicted molar refractivity (Wildman–Crippen MR) is 132 cm³/mol.